The standard InChI is InChI=1S/C14H11NO3S2.CH4/c16-13(10-5-2-1-3-6-10)15-12(14(17)18-9-19)11-7-4-8-20-11;/h1-9,12H,(H,15,16);1H4. The van der Waals surface area contributed by atoms with Gasteiger partial charge in [0.15, 0.2) is 11.6 Å². The molecule has 0 saturated carbocycles. The molecule has 1 atom stereocenters. The van der Waals surface area contributed by atoms with Crippen molar-refractivity contribution in [2.45, 2.75) is 13.5 Å². The number of esters is 1. The molecule has 0 fully saturated rings. The summed E-state index contributed by atoms with van der Waals surface area (Å²) in [4.78, 5) is 24.7. The van der Waals surface area contributed by atoms with Gasteiger partial charge in [0.05, 0.1) is 0 Å². The zero-order valence-corrected chi connectivity index (χ0v) is 11.9. The number of thiocarbonyl (C=S) groups is 1. The Morgan fingerprint density at radius 1 is 1.19 bits per heavy atom. The molecular formula is C15H15NO3S2. The van der Waals surface area contributed by atoms with E-state index in [-0.39, 0.29) is 13.3 Å². The summed E-state index contributed by atoms with van der Waals surface area (Å²) in [6.45, 7) is 0. The van der Waals surface area contributed by atoms with Crippen LogP contribution in [0.2, 0.25) is 0 Å². The van der Waals surface area contributed by atoms with Gasteiger partial charge in [0.1, 0.15) is 0 Å². The zero-order valence-electron chi connectivity index (χ0n) is 10.3. The van der Waals surface area contributed by atoms with Gasteiger partial charge in [-0.2, -0.15) is 0 Å². The molecule has 1 heterocycles. The average molecular weight is 321 g/mol. The molecule has 0 spiro atoms. The van der Waals surface area contributed by atoms with Gasteiger partial charge in [0.2, 0.25) is 0 Å². The molecule has 1 aromatic heterocycles. The number of rotatable bonds is 5. The van der Waals surface area contributed by atoms with Crippen molar-refractivity contribution < 1.29 is 14.3 Å². The maximum Gasteiger partial charge on any atom is 0.339 e. The van der Waals surface area contributed by atoms with Crippen LogP contribution in [0.15, 0.2) is 47.8 Å². The van der Waals surface area contributed by atoms with E-state index in [0.717, 1.165) is 5.55 Å². The average Bonchev–Trinajstić information content (AvgIpc) is 2.99. The molecule has 1 aromatic carbocycles. The number of hydrogen-bond acceptors (Lipinski definition) is 5. The van der Waals surface area contributed by atoms with Crippen LogP contribution < -0.4 is 5.32 Å². The fraction of sp³-hybridized carbons (Fsp3) is 0.133. The van der Waals surface area contributed by atoms with E-state index >= 15 is 0 Å². The van der Waals surface area contributed by atoms with Crippen molar-refractivity contribution in [3.8, 4) is 0 Å². The van der Waals surface area contributed by atoms with Crippen molar-refractivity contribution in [3.05, 3.63) is 58.3 Å². The van der Waals surface area contributed by atoms with Crippen molar-refractivity contribution in [1.82, 2.24) is 5.32 Å². The lowest BCUT2D eigenvalue weighted by atomic mass is 10.2. The minimum atomic E-state index is -0.859. The van der Waals surface area contributed by atoms with E-state index < -0.39 is 12.0 Å². The van der Waals surface area contributed by atoms with Gasteiger partial charge in [0.25, 0.3) is 5.91 Å². The van der Waals surface area contributed by atoms with Crippen LogP contribution in [0.1, 0.15) is 28.7 Å². The largest absolute Gasteiger partial charge is 0.421 e. The first-order valence-electron chi connectivity index (χ1n) is 5.76. The Bertz CT molecular complexity index is 597. The molecule has 0 saturated heterocycles. The van der Waals surface area contributed by atoms with Gasteiger partial charge in [-0.15, -0.1) is 11.3 Å². The minimum Gasteiger partial charge on any atom is -0.421 e. The van der Waals surface area contributed by atoms with Crippen LogP contribution in [0, 0.1) is 0 Å². The molecular weight excluding hydrogens is 306 g/mol. The summed E-state index contributed by atoms with van der Waals surface area (Å²) in [5.74, 6) is -0.947. The lowest BCUT2D eigenvalue weighted by Gasteiger charge is -2.14. The first-order valence-corrected chi connectivity index (χ1v) is 7.11. The van der Waals surface area contributed by atoms with Gasteiger partial charge in [0, 0.05) is 10.4 Å². The smallest absolute Gasteiger partial charge is 0.339 e. The monoisotopic (exact) mass is 321 g/mol. The van der Waals surface area contributed by atoms with Crippen LogP contribution in [0.5, 0.6) is 0 Å². The third kappa shape index (κ3) is 4.47. The van der Waals surface area contributed by atoms with Gasteiger partial charge < -0.3 is 10.1 Å². The molecule has 1 amide bonds. The number of benzene rings is 1. The van der Waals surface area contributed by atoms with Crippen molar-refractivity contribution in [3.63, 3.8) is 0 Å². The maximum absolute atomic E-state index is 12.1. The molecule has 4 nitrogen and oxygen atoms in total. The molecule has 6 heteroatoms. The first-order chi connectivity index (χ1) is 9.72. The van der Waals surface area contributed by atoms with Crippen LogP contribution >= 0.6 is 23.6 Å². The summed E-state index contributed by atoms with van der Waals surface area (Å²) >= 11 is 5.87. The highest BCUT2D eigenvalue weighted by Gasteiger charge is 2.25. The summed E-state index contributed by atoms with van der Waals surface area (Å²) in [6, 6.07) is 11.4. The van der Waals surface area contributed by atoms with Gasteiger partial charge in [-0.05, 0) is 35.8 Å². The molecule has 0 bridgehead atoms. The SMILES string of the molecule is C.O=C(NC(C(=O)OC=S)c1cccs1)c1ccccc1. The highest BCUT2D eigenvalue weighted by molar-refractivity contribution is 7.78. The third-order valence-corrected chi connectivity index (χ3v) is 3.57. The second-order valence-electron chi connectivity index (χ2n) is 3.82. The van der Waals surface area contributed by atoms with Crippen LogP contribution in [0.3, 0.4) is 0 Å². The normalized spacial score (nSPS) is 10.9. The lowest BCUT2D eigenvalue weighted by molar-refractivity contribution is -0.137. The summed E-state index contributed by atoms with van der Waals surface area (Å²) in [5.41, 5.74) is 1.36. The van der Waals surface area contributed by atoms with Crippen molar-refractivity contribution in [1.29, 1.82) is 0 Å². The Hall–Kier alpha value is -2.05. The molecule has 1 N–H and O–H groups in total. The zero-order chi connectivity index (χ0) is 14.4. The van der Waals surface area contributed by atoms with Crippen LogP contribution in [-0.4, -0.2) is 17.4 Å². The molecule has 1 unspecified atom stereocenters. The molecule has 0 radical (unpaired) electrons. The highest BCUT2D eigenvalue weighted by atomic mass is 32.1. The molecule has 0 aliphatic rings. The van der Waals surface area contributed by atoms with Crippen molar-refractivity contribution in [2.75, 3.05) is 0 Å². The van der Waals surface area contributed by atoms with Crippen LogP contribution in [-0.2, 0) is 9.53 Å². The number of nitrogens with one attached hydrogen (secondary N) is 1. The molecule has 2 aromatic rings. The second-order valence-corrected chi connectivity index (χ2v) is 4.99. The van der Waals surface area contributed by atoms with E-state index in [1.54, 1.807) is 36.4 Å². The quantitative estimate of drug-likeness (QED) is 0.678. The number of amides is 1. The van der Waals surface area contributed by atoms with Crippen LogP contribution in [0.25, 0.3) is 0 Å². The van der Waals surface area contributed by atoms with Gasteiger partial charge >= 0.3 is 5.97 Å². The molecule has 0 aliphatic carbocycles. The summed E-state index contributed by atoms with van der Waals surface area (Å²) in [6.07, 6.45) is 0. The number of thiophene rings is 1. The Balaban J connectivity index is 0.00000220. The Kier molecular flexibility index (Phi) is 6.71. The molecule has 110 valence electrons. The number of hydrogen-bond donors (Lipinski definition) is 1. The lowest BCUT2D eigenvalue weighted by Crippen LogP contribution is -2.34. The highest BCUT2D eigenvalue weighted by Crippen LogP contribution is 2.20. The van der Waals surface area contributed by atoms with E-state index in [4.69, 9.17) is 4.74 Å². The van der Waals surface area contributed by atoms with Gasteiger partial charge in [-0.3, -0.25) is 4.79 Å². The van der Waals surface area contributed by atoms with Crippen molar-refractivity contribution >= 4 is 41.0 Å². The van der Waals surface area contributed by atoms with Gasteiger partial charge in [-0.25, -0.2) is 4.79 Å². The summed E-state index contributed by atoms with van der Waals surface area (Å²) in [5, 5.41) is 4.47. The maximum atomic E-state index is 12.1. The molecule has 0 aliphatic heterocycles. The first kappa shape index (κ1) is 17.0. The molecule has 21 heavy (non-hydrogen) atoms. The predicted octanol–water partition coefficient (Wildman–Crippen LogP) is 3.36. The van der Waals surface area contributed by atoms with E-state index in [9.17, 15) is 9.59 Å². The second kappa shape index (κ2) is 8.28. The minimum absolute atomic E-state index is 0. The third-order valence-electron chi connectivity index (χ3n) is 2.54. The number of ether oxygens (including phenoxy) is 1. The van der Waals surface area contributed by atoms with E-state index in [2.05, 4.69) is 17.5 Å². The van der Waals surface area contributed by atoms with E-state index in [0.29, 0.717) is 10.4 Å². The fourth-order valence-corrected chi connectivity index (χ4v) is 2.48. The Morgan fingerprint density at radius 3 is 2.48 bits per heavy atom. The Morgan fingerprint density at radius 2 is 1.90 bits per heavy atom. The van der Waals surface area contributed by atoms with Crippen LogP contribution in [0.4, 0.5) is 0 Å². The van der Waals surface area contributed by atoms with E-state index in [1.807, 2.05) is 11.4 Å². The predicted molar refractivity (Wildman–Crippen MR) is 87.4 cm³/mol. The van der Waals surface area contributed by atoms with Crippen molar-refractivity contribution in [2.24, 2.45) is 0 Å². The summed E-state index contributed by atoms with van der Waals surface area (Å²) in [7, 11) is 0. The fourth-order valence-electron chi connectivity index (χ4n) is 1.62. The van der Waals surface area contributed by atoms with E-state index in [1.165, 1.54) is 11.3 Å². The van der Waals surface area contributed by atoms with Gasteiger partial charge in [-0.1, -0.05) is 31.7 Å². The summed E-state index contributed by atoms with van der Waals surface area (Å²) < 4.78 is 4.71. The Labute approximate surface area is 132 Å². The molecule has 2 rings (SSSR count). The number of carbonyl (C=O) groups is 2. The number of carbonyl (C=O) groups excluding carboxylic acids is 2. The topological polar surface area (TPSA) is 55.4 Å².